The summed E-state index contributed by atoms with van der Waals surface area (Å²) in [5.74, 6) is 0. The fraction of sp³-hybridized carbons (Fsp3) is 0. The molecule has 0 fully saturated rings. The summed E-state index contributed by atoms with van der Waals surface area (Å²) in [4.78, 5) is 0. The first-order valence-corrected chi connectivity index (χ1v) is 0. The van der Waals surface area contributed by atoms with Crippen molar-refractivity contribution in [2.45, 2.75) is 0 Å². The minimum atomic E-state index is 0. The summed E-state index contributed by atoms with van der Waals surface area (Å²) in [5.41, 5.74) is 0. The topological polar surface area (TPSA) is 0 Å². The van der Waals surface area contributed by atoms with Crippen molar-refractivity contribution in [1.82, 2.24) is 0 Å². The zero-order chi connectivity index (χ0) is 0. The van der Waals surface area contributed by atoms with Crippen LogP contribution in [-0.2, 0) is 54.0 Å². The van der Waals surface area contributed by atoms with E-state index < -0.39 is 0 Å². The van der Waals surface area contributed by atoms with Gasteiger partial charge in [-0.1, -0.05) is 0 Å². The standard InChI is InChI=1S/3Rb.4S.Sb/q3*+1;4*-2;+5. The van der Waals surface area contributed by atoms with Gasteiger partial charge in [0.1, 0.15) is 0 Å². The molecule has 0 aromatic heterocycles. The maximum atomic E-state index is 0. The van der Waals surface area contributed by atoms with Crippen molar-refractivity contribution in [3.8, 4) is 0 Å². The summed E-state index contributed by atoms with van der Waals surface area (Å²) in [5, 5.41) is 0. The van der Waals surface area contributed by atoms with Crippen molar-refractivity contribution in [3.05, 3.63) is 0 Å². The summed E-state index contributed by atoms with van der Waals surface area (Å²) < 4.78 is 0. The van der Waals surface area contributed by atoms with Gasteiger partial charge in [-0.2, -0.15) is 0 Å². The van der Waals surface area contributed by atoms with Gasteiger partial charge in [0.25, 0.3) is 0 Å². The van der Waals surface area contributed by atoms with E-state index in [4.69, 9.17) is 0 Å². The second-order valence-corrected chi connectivity index (χ2v) is 0. The van der Waals surface area contributed by atoms with Gasteiger partial charge in [0.05, 0.1) is 0 Å². The first-order valence-electron chi connectivity index (χ1n) is 0. The quantitative estimate of drug-likeness (QED) is 0.287. The average molecular weight is 506 g/mol. The van der Waals surface area contributed by atoms with Gasteiger partial charge < -0.3 is 54.0 Å². The first kappa shape index (κ1) is 57.5. The van der Waals surface area contributed by atoms with Crippen LogP contribution in [0, 0.1) is 0 Å². The van der Waals surface area contributed by atoms with E-state index >= 15 is 0 Å². The Balaban J connectivity index is 0. The van der Waals surface area contributed by atoms with Crippen LogP contribution in [0.2, 0.25) is 0 Å². The molecule has 0 aromatic rings. The van der Waals surface area contributed by atoms with Gasteiger partial charge in [0, 0.05) is 0 Å². The molecule has 32 valence electrons. The molecule has 0 aliphatic heterocycles. The Hall–Kier alpha value is 7.63. The van der Waals surface area contributed by atoms with Gasteiger partial charge in [-0.25, -0.2) is 0 Å². The number of rotatable bonds is 0. The van der Waals surface area contributed by atoms with E-state index in [-0.39, 0.29) is 253 Å². The predicted octanol–water partition coefficient (Wildman–Crippen LogP) is -9.38. The van der Waals surface area contributed by atoms with Gasteiger partial charge in [-0.3, -0.25) is 0 Å². The third-order valence-corrected chi connectivity index (χ3v) is 0. The van der Waals surface area contributed by atoms with Crippen LogP contribution in [0.3, 0.4) is 0 Å². The van der Waals surface area contributed by atoms with Gasteiger partial charge in [0.15, 0.2) is 0 Å². The van der Waals surface area contributed by atoms with Gasteiger partial charge >= 0.3 is 199 Å². The van der Waals surface area contributed by atoms with E-state index in [1.807, 2.05) is 0 Å². The molecule has 8 heavy (non-hydrogen) atoms. The minimum absolute atomic E-state index is 0. The molecule has 0 atom stereocenters. The molecule has 0 aliphatic rings. The van der Waals surface area contributed by atoms with E-state index in [0.717, 1.165) is 0 Å². The van der Waals surface area contributed by atoms with Gasteiger partial charge in [0.2, 0.25) is 0 Å². The van der Waals surface area contributed by atoms with Crippen molar-refractivity contribution in [2.24, 2.45) is 0 Å². The van der Waals surface area contributed by atoms with Gasteiger partial charge in [-0.15, -0.1) is 0 Å². The van der Waals surface area contributed by atoms with Crippen LogP contribution in [0.5, 0.6) is 0 Å². The molecular formula is Rb3S4Sb. The maximum absolute atomic E-state index is 0. The Labute approximate surface area is 244 Å². The fourth-order valence-electron chi connectivity index (χ4n) is 0. The SMILES string of the molecule is [Rb+].[Rb+].[Rb+].[S-2].[S-2].[S-2].[S-2].[Sb+5]. The van der Waals surface area contributed by atoms with Crippen LogP contribution in [0.1, 0.15) is 0 Å². The molecule has 0 radical (unpaired) electrons. The van der Waals surface area contributed by atoms with Crippen LogP contribution >= 0.6 is 0 Å². The summed E-state index contributed by atoms with van der Waals surface area (Å²) in [6.45, 7) is 0. The Morgan fingerprint density at radius 2 is 0.375 bits per heavy atom. The van der Waals surface area contributed by atoms with E-state index in [1.165, 1.54) is 0 Å². The van der Waals surface area contributed by atoms with Crippen molar-refractivity contribution in [2.75, 3.05) is 0 Å². The smallest absolute Gasteiger partial charge is 2.00 e. The zero-order valence-corrected chi connectivity index (χ0v) is 25.6. The van der Waals surface area contributed by atoms with E-state index in [2.05, 4.69) is 0 Å². The maximum Gasteiger partial charge on any atom is 5.00 e. The summed E-state index contributed by atoms with van der Waals surface area (Å²) in [7, 11) is 0. The predicted molar refractivity (Wildman–Crippen MR) is 35.2 cm³/mol. The third kappa shape index (κ3) is 37.3. The Kier molecular flexibility index (Phi) is 335. The van der Waals surface area contributed by atoms with E-state index in [0.29, 0.717) is 0 Å². The average Bonchev–Trinajstić information content (AvgIpc) is 0. The van der Waals surface area contributed by atoms with Crippen molar-refractivity contribution < 1.29 is 175 Å². The summed E-state index contributed by atoms with van der Waals surface area (Å²) in [6, 6.07) is 0. The molecule has 0 bridgehead atoms. The van der Waals surface area contributed by atoms with Crippen molar-refractivity contribution in [1.29, 1.82) is 0 Å². The molecular weight excluding hydrogens is 506 g/mol. The molecule has 0 saturated heterocycles. The molecule has 0 spiro atoms. The molecule has 0 unspecified atom stereocenters. The fourth-order valence-corrected chi connectivity index (χ4v) is 0. The first-order chi connectivity index (χ1) is 0. The molecule has 0 aromatic carbocycles. The monoisotopic (exact) mass is 504 g/mol. The Morgan fingerprint density at radius 3 is 0.375 bits per heavy atom. The molecule has 0 rings (SSSR count). The molecule has 0 saturated carbocycles. The second-order valence-electron chi connectivity index (χ2n) is 0. The van der Waals surface area contributed by atoms with Crippen LogP contribution in [0.4, 0.5) is 0 Å². The van der Waals surface area contributed by atoms with Crippen LogP contribution in [-0.4, -0.2) is 24.4 Å². The summed E-state index contributed by atoms with van der Waals surface area (Å²) in [6.07, 6.45) is 0. The number of hydrogen-bond acceptors (Lipinski definition) is 0. The second kappa shape index (κ2) is 46.7. The molecule has 0 amide bonds. The van der Waals surface area contributed by atoms with E-state index in [9.17, 15) is 0 Å². The molecule has 0 nitrogen and oxygen atoms in total. The molecule has 0 N–H and O–H groups in total. The Bertz CT molecular complexity index is 11.2. The minimum Gasteiger partial charge on any atom is -2.00 e. The summed E-state index contributed by atoms with van der Waals surface area (Å²) >= 11 is 0. The molecule has 0 heterocycles. The van der Waals surface area contributed by atoms with Crippen molar-refractivity contribution in [3.63, 3.8) is 0 Å². The van der Waals surface area contributed by atoms with Crippen molar-refractivity contribution >= 4 is 78.4 Å². The van der Waals surface area contributed by atoms with Crippen LogP contribution < -0.4 is 175 Å². The van der Waals surface area contributed by atoms with Gasteiger partial charge in [-0.05, 0) is 0 Å². The number of hydrogen-bond donors (Lipinski definition) is 0. The third-order valence-electron chi connectivity index (χ3n) is 0. The molecule has 0 aliphatic carbocycles. The zero-order valence-electron chi connectivity index (χ0n) is 5.08. The van der Waals surface area contributed by atoms with Crippen LogP contribution in [0.15, 0.2) is 0 Å². The largest absolute Gasteiger partial charge is 5.00 e. The Morgan fingerprint density at radius 1 is 0.375 bits per heavy atom. The van der Waals surface area contributed by atoms with E-state index in [1.54, 1.807) is 0 Å². The normalized spacial score (nSPS) is 0. The molecule has 8 heteroatoms. The van der Waals surface area contributed by atoms with Crippen LogP contribution in [0.25, 0.3) is 0 Å².